The van der Waals surface area contributed by atoms with Crippen molar-refractivity contribution in [2.45, 2.75) is 31.3 Å². The lowest BCUT2D eigenvalue weighted by molar-refractivity contribution is -0.141. The van der Waals surface area contributed by atoms with Crippen LogP contribution in [0.3, 0.4) is 0 Å². The first-order valence-corrected chi connectivity index (χ1v) is 10.4. The van der Waals surface area contributed by atoms with E-state index < -0.39 is 44.8 Å². The third-order valence-corrected chi connectivity index (χ3v) is 5.27. The quantitative estimate of drug-likeness (QED) is 0.196. The largest absolute Gasteiger partial charge is 0.508 e. The molecule has 7 N–H and O–H groups in total. The van der Waals surface area contributed by atoms with E-state index in [-0.39, 0.29) is 37.4 Å². The average molecular weight is 471 g/mol. The highest BCUT2D eigenvalue weighted by molar-refractivity contribution is 7.85. The summed E-state index contributed by atoms with van der Waals surface area (Å²) in [6.45, 7) is 1.59. The van der Waals surface area contributed by atoms with Gasteiger partial charge in [-0.3, -0.25) is 24.8 Å². The van der Waals surface area contributed by atoms with Crippen LogP contribution in [0.2, 0.25) is 0 Å². The van der Waals surface area contributed by atoms with Gasteiger partial charge in [0.15, 0.2) is 0 Å². The summed E-state index contributed by atoms with van der Waals surface area (Å²) in [5.41, 5.74) is 0.577. The molecule has 0 amide bonds. The molecule has 0 bridgehead atoms. The second-order valence-corrected chi connectivity index (χ2v) is 8.13. The number of carboxylic acids is 2. The molecule has 2 unspecified atom stereocenters. The van der Waals surface area contributed by atoms with E-state index in [1.165, 1.54) is 12.1 Å². The molecule has 0 aliphatic carbocycles. The summed E-state index contributed by atoms with van der Waals surface area (Å²) in [4.78, 5) is 22.6. The third-order valence-electron chi connectivity index (χ3n) is 4.42. The molecule has 12 heteroatoms. The van der Waals surface area contributed by atoms with Gasteiger partial charge in [-0.05, 0) is 31.2 Å². The highest BCUT2D eigenvalue weighted by Gasteiger charge is 2.26. The number of nitrogens with one attached hydrogen (secondary N) is 2. The Morgan fingerprint density at radius 3 is 1.75 bits per heavy atom. The summed E-state index contributed by atoms with van der Waals surface area (Å²) in [7, 11) is -4.62. The van der Waals surface area contributed by atoms with Crippen molar-refractivity contribution in [2.24, 2.45) is 0 Å². The number of carbonyl (C=O) groups is 2. The Hall–Kier alpha value is -3.19. The van der Waals surface area contributed by atoms with Gasteiger partial charge in [0, 0.05) is 24.2 Å². The normalized spacial score (nSPS) is 13.1. The molecule has 0 saturated carbocycles. The summed E-state index contributed by atoms with van der Waals surface area (Å²) < 4.78 is 31.7. The van der Waals surface area contributed by atoms with Crippen molar-refractivity contribution in [1.82, 2.24) is 10.6 Å². The molecule has 0 fully saturated rings. The molecule has 32 heavy (non-hydrogen) atoms. The van der Waals surface area contributed by atoms with Gasteiger partial charge in [-0.15, -0.1) is 0 Å². The van der Waals surface area contributed by atoms with E-state index in [2.05, 4.69) is 10.6 Å². The van der Waals surface area contributed by atoms with Gasteiger partial charge in [0.2, 0.25) is 0 Å². The number of benzene rings is 2. The maximum atomic E-state index is 11.6. The Balaban J connectivity index is 0.00000512. The molecule has 2 aromatic carbocycles. The van der Waals surface area contributed by atoms with Crippen LogP contribution in [-0.2, 0) is 19.7 Å². The summed E-state index contributed by atoms with van der Waals surface area (Å²) in [6, 6.07) is 4.37. The van der Waals surface area contributed by atoms with Crippen LogP contribution < -0.4 is 10.6 Å². The van der Waals surface area contributed by atoms with Crippen LogP contribution in [0.25, 0.3) is 0 Å². The molecule has 0 aliphatic rings. The second-order valence-electron chi connectivity index (χ2n) is 6.71. The van der Waals surface area contributed by atoms with Gasteiger partial charge in [0.05, 0.1) is 4.90 Å². The molecule has 0 aromatic heterocycles. The van der Waals surface area contributed by atoms with E-state index in [0.717, 1.165) is 23.8 Å². The monoisotopic (exact) mass is 470 g/mol. The van der Waals surface area contributed by atoms with Crippen LogP contribution >= 0.6 is 0 Å². The first kappa shape index (κ1) is 26.8. The van der Waals surface area contributed by atoms with Gasteiger partial charge >= 0.3 is 11.9 Å². The summed E-state index contributed by atoms with van der Waals surface area (Å²) in [5, 5.41) is 44.1. The molecule has 2 aromatic rings. The molecule has 0 spiro atoms. The predicted molar refractivity (Wildman–Crippen MR) is 114 cm³/mol. The maximum Gasteiger partial charge on any atom is 0.325 e. The fraction of sp³-hybridized carbons (Fsp3) is 0.300. The number of hydrogen-bond acceptors (Lipinski definition) is 8. The molecule has 0 aliphatic heterocycles. The van der Waals surface area contributed by atoms with Gasteiger partial charge in [-0.2, -0.15) is 8.42 Å². The van der Waals surface area contributed by atoms with Crippen molar-refractivity contribution < 1.29 is 43.0 Å². The Labute approximate surface area is 185 Å². The van der Waals surface area contributed by atoms with Gasteiger partial charge in [0.1, 0.15) is 23.6 Å². The van der Waals surface area contributed by atoms with Gasteiger partial charge in [-0.1, -0.05) is 25.1 Å². The molecule has 0 heterocycles. The van der Waals surface area contributed by atoms with Crippen molar-refractivity contribution in [2.75, 3.05) is 13.1 Å². The molecule has 2 rings (SSSR count). The Bertz CT molecular complexity index is 1090. The highest BCUT2D eigenvalue weighted by atomic mass is 32.2. The molecular formula is C20H26N2O9S. The van der Waals surface area contributed by atoms with Gasteiger partial charge in [0.25, 0.3) is 10.1 Å². The molecule has 176 valence electrons. The first-order chi connectivity index (χ1) is 14.4. The Kier molecular flexibility index (Phi) is 9.15. The van der Waals surface area contributed by atoms with Crippen molar-refractivity contribution in [3.63, 3.8) is 0 Å². The van der Waals surface area contributed by atoms with E-state index in [4.69, 9.17) is 4.55 Å². The zero-order valence-corrected chi connectivity index (χ0v) is 17.1. The zero-order valence-electron chi connectivity index (χ0n) is 16.3. The molecule has 2 atom stereocenters. The lowest BCUT2D eigenvalue weighted by Gasteiger charge is -2.19. The predicted octanol–water partition coefficient (Wildman–Crippen LogP) is 1.42. The van der Waals surface area contributed by atoms with Crippen LogP contribution in [0.4, 0.5) is 0 Å². The lowest BCUT2D eigenvalue weighted by atomic mass is 10.0. The number of hydrogen-bond donors (Lipinski definition) is 7. The Morgan fingerprint density at radius 1 is 0.875 bits per heavy atom. The Morgan fingerprint density at radius 2 is 1.31 bits per heavy atom. The van der Waals surface area contributed by atoms with Crippen molar-refractivity contribution >= 4 is 22.1 Å². The second kappa shape index (κ2) is 10.9. The number of carboxylic acid groups (broad SMARTS) is 2. The fourth-order valence-corrected chi connectivity index (χ4v) is 3.44. The smallest absolute Gasteiger partial charge is 0.325 e. The topological polar surface area (TPSA) is 193 Å². The minimum atomic E-state index is -4.62. The van der Waals surface area contributed by atoms with Gasteiger partial charge in [-0.25, -0.2) is 0 Å². The third kappa shape index (κ3) is 6.65. The van der Waals surface area contributed by atoms with Crippen LogP contribution in [-0.4, -0.2) is 58.4 Å². The van der Waals surface area contributed by atoms with E-state index in [1.807, 2.05) is 0 Å². The highest BCUT2D eigenvalue weighted by Crippen LogP contribution is 2.28. The number of aromatic hydroxyl groups is 2. The molecular weight excluding hydrogens is 444 g/mol. The first-order valence-electron chi connectivity index (χ1n) is 8.94. The van der Waals surface area contributed by atoms with E-state index in [1.54, 1.807) is 13.0 Å². The van der Waals surface area contributed by atoms with E-state index in [9.17, 15) is 38.4 Å². The zero-order chi connectivity index (χ0) is 23.3. The number of phenolic OH excluding ortho intramolecular Hbond substituents is 2. The van der Waals surface area contributed by atoms with Crippen LogP contribution in [0.5, 0.6) is 11.5 Å². The van der Waals surface area contributed by atoms with Crippen molar-refractivity contribution in [1.29, 1.82) is 0 Å². The number of phenols is 2. The maximum absolute atomic E-state index is 11.6. The van der Waals surface area contributed by atoms with E-state index in [0.29, 0.717) is 0 Å². The number of aliphatic carboxylic acids is 2. The van der Waals surface area contributed by atoms with Gasteiger partial charge < -0.3 is 20.4 Å². The van der Waals surface area contributed by atoms with Crippen LogP contribution in [0.15, 0.2) is 41.3 Å². The van der Waals surface area contributed by atoms with Crippen LogP contribution in [0.1, 0.15) is 36.2 Å². The van der Waals surface area contributed by atoms with Crippen LogP contribution in [0, 0.1) is 6.92 Å². The summed E-state index contributed by atoms with van der Waals surface area (Å²) >= 11 is 0. The molecule has 11 nitrogen and oxygen atoms in total. The number of aryl methyl sites for hydroxylation is 1. The minimum absolute atomic E-state index is 0. The molecule has 0 radical (unpaired) electrons. The SMILES string of the molecule is C.Cc1ccc(O)c(C(NCCNC(C(=O)O)c2cc(S(=O)(=O)O)ccc2O)C(=O)O)c1. The van der Waals surface area contributed by atoms with Crippen molar-refractivity contribution in [3.05, 3.63) is 53.1 Å². The fourth-order valence-electron chi connectivity index (χ4n) is 2.92. The number of rotatable bonds is 10. The van der Waals surface area contributed by atoms with E-state index >= 15 is 0 Å². The lowest BCUT2D eigenvalue weighted by Crippen LogP contribution is -2.37. The standard InChI is InChI=1S/C19H22N2O9S.CH4/c1-10-2-4-14(22)12(8-10)16(18(24)25)20-6-7-21-17(19(26)27)13-9-11(31(28,29)30)3-5-15(13)23;/h2-5,8-9,16-17,20-23H,6-7H2,1H3,(H,24,25)(H,26,27)(H,28,29,30);1H4. The average Bonchev–Trinajstić information content (AvgIpc) is 2.66. The summed E-state index contributed by atoms with van der Waals surface area (Å²) in [6.07, 6.45) is 0. The van der Waals surface area contributed by atoms with Crippen molar-refractivity contribution in [3.8, 4) is 11.5 Å². The minimum Gasteiger partial charge on any atom is -0.508 e. The molecule has 0 saturated heterocycles. The summed E-state index contributed by atoms with van der Waals surface area (Å²) in [5.74, 6) is -3.41.